The van der Waals surface area contributed by atoms with Crippen molar-refractivity contribution in [1.29, 1.82) is 0 Å². The molecular weight excluding hydrogens is 508 g/mol. The zero-order valence-corrected chi connectivity index (χ0v) is 24.9. The van der Waals surface area contributed by atoms with Crippen LogP contribution in [0.5, 0.6) is 17.2 Å². The minimum atomic E-state index is -0.663. The molecule has 3 unspecified atom stereocenters. The van der Waals surface area contributed by atoms with Crippen LogP contribution in [-0.4, -0.2) is 53.3 Å². The highest BCUT2D eigenvalue weighted by molar-refractivity contribution is 6.15. The number of phenols is 1. The van der Waals surface area contributed by atoms with Crippen LogP contribution < -0.4 is 9.47 Å². The first-order valence-corrected chi connectivity index (χ1v) is 14.3. The summed E-state index contributed by atoms with van der Waals surface area (Å²) >= 11 is 0. The molecule has 7 heteroatoms. The van der Waals surface area contributed by atoms with Crippen molar-refractivity contribution in [3.05, 3.63) is 46.1 Å². The largest absolute Gasteiger partial charge is 0.506 e. The Bertz CT molecular complexity index is 1330. The molecule has 0 saturated carbocycles. The summed E-state index contributed by atoms with van der Waals surface area (Å²) in [5, 5.41) is 11.5. The lowest BCUT2D eigenvalue weighted by Gasteiger charge is -2.45. The summed E-state index contributed by atoms with van der Waals surface area (Å²) in [5.41, 5.74) is 1.40. The fourth-order valence-corrected chi connectivity index (χ4v) is 6.22. The van der Waals surface area contributed by atoms with E-state index in [0.717, 1.165) is 24.7 Å². The van der Waals surface area contributed by atoms with Crippen molar-refractivity contribution in [3.63, 3.8) is 0 Å². The van der Waals surface area contributed by atoms with Crippen LogP contribution in [0.2, 0.25) is 0 Å². The highest BCUT2D eigenvalue weighted by atomic mass is 16.6. The van der Waals surface area contributed by atoms with E-state index in [0.29, 0.717) is 35.5 Å². The number of epoxide rings is 1. The number of aldehydes is 1. The molecule has 0 radical (unpaired) electrons. The van der Waals surface area contributed by atoms with E-state index in [4.69, 9.17) is 18.9 Å². The highest BCUT2D eigenvalue weighted by Crippen LogP contribution is 2.54. The van der Waals surface area contributed by atoms with Gasteiger partial charge in [0.25, 0.3) is 0 Å². The maximum atomic E-state index is 14.1. The van der Waals surface area contributed by atoms with Gasteiger partial charge in [0.15, 0.2) is 5.78 Å². The van der Waals surface area contributed by atoms with Gasteiger partial charge in [0.05, 0.1) is 22.9 Å². The van der Waals surface area contributed by atoms with Crippen LogP contribution >= 0.6 is 0 Å². The minimum absolute atomic E-state index is 0.0793. The number of ether oxygens (including phenoxy) is 4. The quantitative estimate of drug-likeness (QED) is 0.236. The molecule has 0 aromatic heterocycles. The molecular formula is C33H42O7. The van der Waals surface area contributed by atoms with E-state index in [1.54, 1.807) is 13.2 Å². The summed E-state index contributed by atoms with van der Waals surface area (Å²) in [6, 6.07) is 0. The molecule has 7 nitrogen and oxygen atoms in total. The average Bonchev–Trinajstić information content (AvgIpc) is 3.50. The summed E-state index contributed by atoms with van der Waals surface area (Å²) in [5.74, 6) is -0.304. The van der Waals surface area contributed by atoms with Gasteiger partial charge < -0.3 is 28.8 Å². The van der Waals surface area contributed by atoms with E-state index >= 15 is 0 Å². The van der Waals surface area contributed by atoms with Gasteiger partial charge in [-0.2, -0.15) is 0 Å². The zero-order valence-electron chi connectivity index (χ0n) is 24.9. The summed E-state index contributed by atoms with van der Waals surface area (Å²) in [6.45, 7) is 14.2. The van der Waals surface area contributed by atoms with E-state index in [1.807, 2.05) is 46.8 Å². The number of hydrogen-bond donors (Lipinski definition) is 1. The maximum absolute atomic E-state index is 14.1. The molecule has 40 heavy (non-hydrogen) atoms. The second-order valence-electron chi connectivity index (χ2n) is 13.2. The number of hydrogen-bond acceptors (Lipinski definition) is 7. The van der Waals surface area contributed by atoms with Gasteiger partial charge in [-0.15, -0.1) is 0 Å². The van der Waals surface area contributed by atoms with Crippen LogP contribution in [0.15, 0.2) is 29.4 Å². The molecule has 1 aromatic rings. The molecule has 4 aliphatic rings. The summed E-state index contributed by atoms with van der Waals surface area (Å²) < 4.78 is 25.2. The van der Waals surface area contributed by atoms with Gasteiger partial charge in [-0.3, -0.25) is 4.79 Å². The number of Topliss-reactive ketones (excluding diaryl/α,β-unsaturated/α-hetero) is 1. The lowest BCUT2D eigenvalue weighted by atomic mass is 9.70. The van der Waals surface area contributed by atoms with Gasteiger partial charge in [0, 0.05) is 36.5 Å². The fourth-order valence-electron chi connectivity index (χ4n) is 6.22. The number of phenolic OH excluding ortho intramolecular Hbond substituents is 1. The van der Waals surface area contributed by atoms with Crippen molar-refractivity contribution in [2.24, 2.45) is 11.8 Å². The second kappa shape index (κ2) is 9.88. The minimum Gasteiger partial charge on any atom is -0.506 e. The van der Waals surface area contributed by atoms with Crippen molar-refractivity contribution in [3.8, 4) is 17.2 Å². The smallest absolute Gasteiger partial charge is 0.199 e. The van der Waals surface area contributed by atoms with Crippen molar-refractivity contribution < 1.29 is 33.6 Å². The maximum Gasteiger partial charge on any atom is 0.199 e. The van der Waals surface area contributed by atoms with Crippen LogP contribution in [0.4, 0.5) is 0 Å². The predicted molar refractivity (Wildman–Crippen MR) is 153 cm³/mol. The highest BCUT2D eigenvalue weighted by Gasteiger charge is 2.52. The van der Waals surface area contributed by atoms with Gasteiger partial charge in [-0.25, -0.2) is 0 Å². The fraction of sp³-hybridized carbons (Fsp3) is 0.576. The van der Waals surface area contributed by atoms with Crippen LogP contribution in [0, 0.1) is 11.8 Å². The van der Waals surface area contributed by atoms with Crippen LogP contribution in [0.25, 0.3) is 6.08 Å². The zero-order chi connectivity index (χ0) is 29.2. The van der Waals surface area contributed by atoms with E-state index in [-0.39, 0.29) is 34.7 Å². The Morgan fingerprint density at radius 2 is 1.93 bits per heavy atom. The number of benzene rings is 1. The van der Waals surface area contributed by atoms with Gasteiger partial charge >= 0.3 is 0 Å². The third-order valence-corrected chi connectivity index (χ3v) is 9.12. The number of rotatable bonds is 8. The number of methoxy groups -OCH3 is 1. The Morgan fingerprint density at radius 3 is 2.52 bits per heavy atom. The molecule has 1 saturated heterocycles. The lowest BCUT2D eigenvalue weighted by molar-refractivity contribution is -0.113. The monoisotopic (exact) mass is 550 g/mol. The molecule has 0 amide bonds. The SMILES string of the molecule is COC(C)(C)[C@H]1CC(C=O)C=C2C(=O)c3c(O)c4c(c(CC5OC5(C)C)c3OC21)O[C@](C)(CCC=C(C)C)C=C4. The first-order valence-electron chi connectivity index (χ1n) is 14.3. The van der Waals surface area contributed by atoms with Crippen molar-refractivity contribution >= 4 is 18.1 Å². The Kier molecular flexibility index (Phi) is 7.07. The Balaban J connectivity index is 1.66. The van der Waals surface area contributed by atoms with E-state index in [2.05, 4.69) is 19.9 Å². The number of aromatic hydroxyl groups is 1. The summed E-state index contributed by atoms with van der Waals surface area (Å²) in [7, 11) is 1.63. The van der Waals surface area contributed by atoms with E-state index < -0.39 is 23.2 Å². The van der Waals surface area contributed by atoms with Crippen LogP contribution in [-0.2, 0) is 20.7 Å². The molecule has 1 fully saturated rings. The van der Waals surface area contributed by atoms with Crippen LogP contribution in [0.1, 0.15) is 89.2 Å². The lowest BCUT2D eigenvalue weighted by Crippen LogP contribution is -2.50. The van der Waals surface area contributed by atoms with Crippen molar-refractivity contribution in [1.82, 2.24) is 0 Å². The third kappa shape index (κ3) is 4.92. The topological polar surface area (TPSA) is 94.6 Å². The number of fused-ring (bicyclic) bond motifs is 3. The number of carbonyl (C=O) groups excluding carboxylic acids is 2. The summed E-state index contributed by atoms with van der Waals surface area (Å²) in [6.07, 6.45) is 10.4. The third-order valence-electron chi connectivity index (χ3n) is 9.12. The second-order valence-corrected chi connectivity index (χ2v) is 13.2. The Hall–Kier alpha value is -2.90. The molecule has 3 heterocycles. The van der Waals surface area contributed by atoms with Crippen molar-refractivity contribution in [2.75, 3.05) is 7.11 Å². The molecule has 1 aromatic carbocycles. The Morgan fingerprint density at radius 1 is 1.23 bits per heavy atom. The number of allylic oxidation sites excluding steroid dienone is 3. The molecule has 5 atom stereocenters. The van der Waals surface area contributed by atoms with Gasteiger partial charge in [0.1, 0.15) is 40.8 Å². The molecule has 0 bridgehead atoms. The standard InChI is InChI=1S/C33H42O7/c1-18(2)10-9-12-33(7)13-11-20-26(35)25-27(36)21-14-19(17-34)15-23(31(3,4)37-8)29(21)38-30(25)22(28(20)40-33)16-24-32(5,6)39-24/h10-11,13-14,17,19,23-24,29,35H,9,12,15-16H2,1-8H3/t19?,23-,24?,29?,33+/m0/s1. The van der Waals surface area contributed by atoms with Crippen molar-refractivity contribution in [2.45, 2.75) is 103 Å². The molecule has 1 aliphatic carbocycles. The first-order chi connectivity index (χ1) is 18.7. The molecule has 1 N–H and O–H groups in total. The molecule has 3 aliphatic heterocycles. The Labute approximate surface area is 237 Å². The normalized spacial score (nSPS) is 29.7. The summed E-state index contributed by atoms with van der Waals surface area (Å²) in [4.78, 5) is 26.0. The van der Waals surface area contributed by atoms with Crippen LogP contribution in [0.3, 0.4) is 0 Å². The predicted octanol–water partition coefficient (Wildman–Crippen LogP) is 6.15. The molecule has 0 spiro atoms. The van der Waals surface area contributed by atoms with E-state index in [1.165, 1.54) is 5.57 Å². The first kappa shape index (κ1) is 28.6. The molecule has 5 rings (SSSR count). The van der Waals surface area contributed by atoms with Gasteiger partial charge in [-0.05, 0) is 79.9 Å². The van der Waals surface area contributed by atoms with E-state index in [9.17, 15) is 14.7 Å². The van der Waals surface area contributed by atoms with Gasteiger partial charge in [-0.1, -0.05) is 17.7 Å². The van der Waals surface area contributed by atoms with Gasteiger partial charge in [0.2, 0.25) is 0 Å². The number of ketones is 1. The molecule has 216 valence electrons. The number of carbonyl (C=O) groups is 2. The average molecular weight is 551 g/mol.